The molecule has 0 radical (unpaired) electrons. The molecule has 0 aromatic heterocycles. The van der Waals surface area contributed by atoms with Gasteiger partial charge in [-0.05, 0) is 37.5 Å². The summed E-state index contributed by atoms with van der Waals surface area (Å²) in [6, 6.07) is 15.0. The Morgan fingerprint density at radius 3 is 2.33 bits per heavy atom. The molecule has 0 amide bonds. The van der Waals surface area contributed by atoms with Crippen LogP contribution in [-0.2, 0) is 0 Å². The molecule has 2 nitrogen and oxygen atoms in total. The molecular formula is C16H20N2. The second-order valence-corrected chi connectivity index (χ2v) is 4.87. The van der Waals surface area contributed by atoms with Crippen molar-refractivity contribution < 1.29 is 0 Å². The van der Waals surface area contributed by atoms with E-state index in [4.69, 9.17) is 5.84 Å². The van der Waals surface area contributed by atoms with Gasteiger partial charge in [-0.2, -0.15) is 0 Å². The highest BCUT2D eigenvalue weighted by Crippen LogP contribution is 2.25. The zero-order valence-electron chi connectivity index (χ0n) is 11.2. The third-order valence-corrected chi connectivity index (χ3v) is 3.29. The second-order valence-electron chi connectivity index (χ2n) is 4.87. The highest BCUT2D eigenvalue weighted by Gasteiger charge is 2.14. The molecule has 2 heteroatoms. The van der Waals surface area contributed by atoms with Crippen LogP contribution in [0.1, 0.15) is 33.9 Å². The fourth-order valence-corrected chi connectivity index (χ4v) is 2.29. The topological polar surface area (TPSA) is 38.0 Å². The molecule has 0 aliphatic rings. The van der Waals surface area contributed by atoms with Crippen molar-refractivity contribution in [1.29, 1.82) is 0 Å². The lowest BCUT2D eigenvalue weighted by Crippen LogP contribution is -2.29. The van der Waals surface area contributed by atoms with Gasteiger partial charge < -0.3 is 0 Å². The van der Waals surface area contributed by atoms with Crippen LogP contribution in [0.2, 0.25) is 0 Å². The first-order chi connectivity index (χ1) is 8.61. The van der Waals surface area contributed by atoms with E-state index in [0.29, 0.717) is 0 Å². The van der Waals surface area contributed by atoms with Gasteiger partial charge >= 0.3 is 0 Å². The molecule has 18 heavy (non-hydrogen) atoms. The molecule has 0 spiro atoms. The molecular weight excluding hydrogens is 220 g/mol. The molecule has 94 valence electrons. The van der Waals surface area contributed by atoms with E-state index in [0.717, 1.165) is 0 Å². The molecule has 0 aliphatic heterocycles. The maximum absolute atomic E-state index is 5.76. The average molecular weight is 240 g/mol. The SMILES string of the molecule is Cc1cccc(C(NN)c2cc(C)ccc2C)c1. The van der Waals surface area contributed by atoms with Crippen LogP contribution in [0.4, 0.5) is 0 Å². The van der Waals surface area contributed by atoms with E-state index >= 15 is 0 Å². The highest BCUT2D eigenvalue weighted by molar-refractivity contribution is 5.39. The van der Waals surface area contributed by atoms with Gasteiger partial charge in [0.1, 0.15) is 0 Å². The standard InChI is InChI=1S/C16H20N2/c1-11-5-4-6-14(9-11)16(18-17)15-10-12(2)7-8-13(15)3/h4-10,16,18H,17H2,1-3H3. The minimum atomic E-state index is 0.0461. The van der Waals surface area contributed by atoms with E-state index in [9.17, 15) is 0 Å². The molecule has 2 rings (SSSR count). The van der Waals surface area contributed by atoms with Gasteiger partial charge in [-0.25, -0.2) is 5.43 Å². The third-order valence-electron chi connectivity index (χ3n) is 3.29. The van der Waals surface area contributed by atoms with E-state index in [-0.39, 0.29) is 6.04 Å². The van der Waals surface area contributed by atoms with Gasteiger partial charge in [-0.1, -0.05) is 53.6 Å². The molecule has 1 unspecified atom stereocenters. The number of hydrogen-bond acceptors (Lipinski definition) is 2. The van der Waals surface area contributed by atoms with Gasteiger partial charge in [0.15, 0.2) is 0 Å². The van der Waals surface area contributed by atoms with E-state index in [1.165, 1.54) is 27.8 Å². The predicted molar refractivity (Wildman–Crippen MR) is 76.3 cm³/mol. The predicted octanol–water partition coefficient (Wildman–Crippen LogP) is 3.16. The first-order valence-electron chi connectivity index (χ1n) is 6.21. The average Bonchev–Trinajstić information content (AvgIpc) is 2.35. The fraction of sp³-hybridized carbons (Fsp3) is 0.250. The quantitative estimate of drug-likeness (QED) is 0.639. The van der Waals surface area contributed by atoms with Gasteiger partial charge in [0.25, 0.3) is 0 Å². The van der Waals surface area contributed by atoms with Crippen molar-refractivity contribution in [3.63, 3.8) is 0 Å². The largest absolute Gasteiger partial charge is 0.271 e. The van der Waals surface area contributed by atoms with Crippen molar-refractivity contribution in [2.75, 3.05) is 0 Å². The number of benzene rings is 2. The van der Waals surface area contributed by atoms with Gasteiger partial charge in [-0.3, -0.25) is 5.84 Å². The fourth-order valence-electron chi connectivity index (χ4n) is 2.29. The van der Waals surface area contributed by atoms with Crippen LogP contribution in [0.3, 0.4) is 0 Å². The van der Waals surface area contributed by atoms with E-state index in [2.05, 4.69) is 68.7 Å². The van der Waals surface area contributed by atoms with E-state index in [1.807, 2.05) is 0 Å². The zero-order chi connectivity index (χ0) is 13.1. The van der Waals surface area contributed by atoms with Crippen molar-refractivity contribution in [2.45, 2.75) is 26.8 Å². The number of hydrazine groups is 1. The van der Waals surface area contributed by atoms with Crippen molar-refractivity contribution in [3.8, 4) is 0 Å². The Kier molecular flexibility index (Phi) is 3.80. The van der Waals surface area contributed by atoms with Gasteiger partial charge in [0, 0.05) is 0 Å². The van der Waals surface area contributed by atoms with Crippen LogP contribution in [-0.4, -0.2) is 0 Å². The summed E-state index contributed by atoms with van der Waals surface area (Å²) in [6.45, 7) is 6.32. The van der Waals surface area contributed by atoms with Crippen molar-refractivity contribution in [1.82, 2.24) is 5.43 Å². The molecule has 2 aromatic rings. The van der Waals surface area contributed by atoms with E-state index in [1.54, 1.807) is 0 Å². The summed E-state index contributed by atoms with van der Waals surface area (Å²) in [5.74, 6) is 5.76. The first kappa shape index (κ1) is 12.8. The molecule has 0 saturated carbocycles. The summed E-state index contributed by atoms with van der Waals surface area (Å²) < 4.78 is 0. The molecule has 0 aliphatic carbocycles. The molecule has 0 bridgehead atoms. The van der Waals surface area contributed by atoms with Gasteiger partial charge in [0.2, 0.25) is 0 Å². The number of rotatable bonds is 3. The Morgan fingerprint density at radius 2 is 1.67 bits per heavy atom. The minimum absolute atomic E-state index is 0.0461. The van der Waals surface area contributed by atoms with Crippen LogP contribution < -0.4 is 11.3 Å². The van der Waals surface area contributed by atoms with Crippen molar-refractivity contribution >= 4 is 0 Å². The lowest BCUT2D eigenvalue weighted by atomic mass is 9.93. The number of aryl methyl sites for hydroxylation is 3. The monoisotopic (exact) mass is 240 g/mol. The lowest BCUT2D eigenvalue weighted by molar-refractivity contribution is 0.633. The van der Waals surface area contributed by atoms with Crippen molar-refractivity contribution in [3.05, 3.63) is 70.3 Å². The summed E-state index contributed by atoms with van der Waals surface area (Å²) in [5.41, 5.74) is 9.13. The zero-order valence-corrected chi connectivity index (χ0v) is 11.2. The van der Waals surface area contributed by atoms with Crippen LogP contribution in [0, 0.1) is 20.8 Å². The van der Waals surface area contributed by atoms with Crippen LogP contribution in [0.25, 0.3) is 0 Å². The van der Waals surface area contributed by atoms with Gasteiger partial charge in [0.05, 0.1) is 6.04 Å². The molecule has 3 N–H and O–H groups in total. The molecule has 1 atom stereocenters. The number of nitrogens with two attached hydrogens (primary N) is 1. The second kappa shape index (κ2) is 5.34. The Hall–Kier alpha value is -1.64. The highest BCUT2D eigenvalue weighted by atomic mass is 15.2. The van der Waals surface area contributed by atoms with E-state index < -0.39 is 0 Å². The summed E-state index contributed by atoms with van der Waals surface area (Å²) in [5, 5.41) is 0. The maximum atomic E-state index is 5.76. The Labute approximate surface area is 109 Å². The molecule has 0 fully saturated rings. The summed E-state index contributed by atoms with van der Waals surface area (Å²) in [4.78, 5) is 0. The van der Waals surface area contributed by atoms with Gasteiger partial charge in [-0.15, -0.1) is 0 Å². The molecule has 0 saturated heterocycles. The minimum Gasteiger partial charge on any atom is -0.271 e. The van der Waals surface area contributed by atoms with Crippen LogP contribution in [0.5, 0.6) is 0 Å². The Balaban J connectivity index is 2.48. The number of nitrogens with one attached hydrogen (secondary N) is 1. The lowest BCUT2D eigenvalue weighted by Gasteiger charge is -2.20. The molecule has 0 heterocycles. The molecule has 2 aromatic carbocycles. The number of hydrogen-bond donors (Lipinski definition) is 2. The first-order valence-corrected chi connectivity index (χ1v) is 6.21. The third kappa shape index (κ3) is 2.61. The smallest absolute Gasteiger partial charge is 0.0712 e. The Morgan fingerprint density at radius 1 is 0.944 bits per heavy atom. The summed E-state index contributed by atoms with van der Waals surface area (Å²) in [6.07, 6.45) is 0. The van der Waals surface area contributed by atoms with Crippen LogP contribution >= 0.6 is 0 Å². The summed E-state index contributed by atoms with van der Waals surface area (Å²) >= 11 is 0. The van der Waals surface area contributed by atoms with Crippen LogP contribution in [0.15, 0.2) is 42.5 Å². The summed E-state index contributed by atoms with van der Waals surface area (Å²) in [7, 11) is 0. The Bertz CT molecular complexity index is 547. The maximum Gasteiger partial charge on any atom is 0.0712 e. The normalized spacial score (nSPS) is 12.4. The van der Waals surface area contributed by atoms with Crippen molar-refractivity contribution in [2.24, 2.45) is 5.84 Å².